The monoisotopic (exact) mass is 305 g/mol. The van der Waals surface area contributed by atoms with Gasteiger partial charge in [-0.1, -0.05) is 6.92 Å². The molecule has 0 saturated carbocycles. The summed E-state index contributed by atoms with van der Waals surface area (Å²) in [4.78, 5) is 28.1. The molecule has 1 fully saturated rings. The largest absolute Gasteiger partial charge is 0.497 e. The van der Waals surface area contributed by atoms with Crippen LogP contribution in [0.25, 0.3) is 0 Å². The van der Waals surface area contributed by atoms with Crippen LogP contribution in [0.1, 0.15) is 17.3 Å². The summed E-state index contributed by atoms with van der Waals surface area (Å²) in [6.45, 7) is 4.40. The molecule has 22 heavy (non-hydrogen) atoms. The minimum absolute atomic E-state index is 0.0124. The molecule has 6 heteroatoms. The molecule has 1 heterocycles. The van der Waals surface area contributed by atoms with Crippen LogP contribution in [0, 0.1) is 5.92 Å². The van der Waals surface area contributed by atoms with Crippen molar-refractivity contribution in [3.63, 3.8) is 0 Å². The molecule has 1 aromatic rings. The summed E-state index contributed by atoms with van der Waals surface area (Å²) in [6.07, 6.45) is 0. The first kappa shape index (κ1) is 16.3. The van der Waals surface area contributed by atoms with E-state index in [1.54, 1.807) is 41.2 Å². The average Bonchev–Trinajstić information content (AvgIpc) is 2.60. The van der Waals surface area contributed by atoms with Crippen LogP contribution in [-0.2, 0) is 4.79 Å². The van der Waals surface area contributed by atoms with E-state index in [4.69, 9.17) is 10.5 Å². The highest BCUT2D eigenvalue weighted by Crippen LogP contribution is 2.15. The predicted molar refractivity (Wildman–Crippen MR) is 83.7 cm³/mol. The number of nitrogens with zero attached hydrogens (tertiary/aromatic N) is 2. The Labute approximate surface area is 130 Å². The number of nitrogens with two attached hydrogens (primary N) is 1. The average molecular weight is 305 g/mol. The van der Waals surface area contributed by atoms with Gasteiger partial charge in [-0.25, -0.2) is 0 Å². The molecule has 1 aliphatic rings. The maximum Gasteiger partial charge on any atom is 0.253 e. The van der Waals surface area contributed by atoms with Crippen LogP contribution in [-0.4, -0.2) is 61.4 Å². The van der Waals surface area contributed by atoms with E-state index in [1.807, 2.05) is 6.92 Å². The molecule has 1 saturated heterocycles. The standard InChI is InChI=1S/C16H23N3O3/c1-12(11-17)15(20)18-7-9-19(10-8-18)16(21)13-3-5-14(22-2)6-4-13/h3-6,12H,7-11,17H2,1-2H3. The Morgan fingerprint density at radius 1 is 1.14 bits per heavy atom. The minimum Gasteiger partial charge on any atom is -0.497 e. The van der Waals surface area contributed by atoms with Gasteiger partial charge < -0.3 is 20.3 Å². The van der Waals surface area contributed by atoms with E-state index < -0.39 is 0 Å². The molecule has 1 atom stereocenters. The fourth-order valence-corrected chi connectivity index (χ4v) is 2.46. The first-order valence-corrected chi connectivity index (χ1v) is 7.49. The fourth-order valence-electron chi connectivity index (χ4n) is 2.46. The highest BCUT2D eigenvalue weighted by atomic mass is 16.5. The predicted octanol–water partition coefficient (Wildman–Crippen LogP) is 0.574. The normalized spacial score (nSPS) is 16.3. The zero-order valence-corrected chi connectivity index (χ0v) is 13.1. The number of hydrogen-bond donors (Lipinski definition) is 1. The summed E-state index contributed by atoms with van der Waals surface area (Å²) >= 11 is 0. The number of rotatable bonds is 4. The zero-order chi connectivity index (χ0) is 16.1. The van der Waals surface area contributed by atoms with Gasteiger partial charge in [-0.3, -0.25) is 9.59 Å². The molecule has 1 unspecified atom stereocenters. The van der Waals surface area contributed by atoms with Crippen LogP contribution < -0.4 is 10.5 Å². The number of ether oxygens (including phenoxy) is 1. The van der Waals surface area contributed by atoms with Gasteiger partial charge in [0.1, 0.15) is 5.75 Å². The Hall–Kier alpha value is -2.08. The van der Waals surface area contributed by atoms with E-state index in [9.17, 15) is 9.59 Å². The van der Waals surface area contributed by atoms with E-state index >= 15 is 0 Å². The molecule has 1 aliphatic heterocycles. The van der Waals surface area contributed by atoms with Crippen molar-refractivity contribution in [3.8, 4) is 5.75 Å². The van der Waals surface area contributed by atoms with Gasteiger partial charge >= 0.3 is 0 Å². The quantitative estimate of drug-likeness (QED) is 0.882. The zero-order valence-electron chi connectivity index (χ0n) is 13.1. The van der Waals surface area contributed by atoms with E-state index in [0.717, 1.165) is 5.75 Å². The van der Waals surface area contributed by atoms with E-state index in [1.165, 1.54) is 0 Å². The molecule has 0 radical (unpaired) electrons. The SMILES string of the molecule is COc1ccc(C(=O)N2CCN(C(=O)C(C)CN)CC2)cc1. The van der Waals surface area contributed by atoms with Gasteiger partial charge in [-0.2, -0.15) is 0 Å². The smallest absolute Gasteiger partial charge is 0.253 e. The van der Waals surface area contributed by atoms with Crippen LogP contribution in [0.2, 0.25) is 0 Å². The van der Waals surface area contributed by atoms with Gasteiger partial charge in [-0.05, 0) is 24.3 Å². The maximum atomic E-state index is 12.4. The van der Waals surface area contributed by atoms with Crippen molar-refractivity contribution in [2.75, 3.05) is 39.8 Å². The molecule has 2 rings (SSSR count). The molecule has 6 nitrogen and oxygen atoms in total. The summed E-state index contributed by atoms with van der Waals surface area (Å²) in [5, 5.41) is 0. The lowest BCUT2D eigenvalue weighted by Crippen LogP contribution is -2.52. The molecular weight excluding hydrogens is 282 g/mol. The number of amides is 2. The number of carbonyl (C=O) groups is 2. The van der Waals surface area contributed by atoms with Gasteiger partial charge in [0.15, 0.2) is 0 Å². The lowest BCUT2D eigenvalue weighted by Gasteiger charge is -2.36. The molecule has 0 aromatic heterocycles. The van der Waals surface area contributed by atoms with E-state index in [2.05, 4.69) is 0 Å². The number of benzene rings is 1. The summed E-state index contributed by atoms with van der Waals surface area (Å²) in [5.74, 6) is 0.618. The Morgan fingerprint density at radius 2 is 1.68 bits per heavy atom. The summed E-state index contributed by atoms with van der Waals surface area (Å²) in [5.41, 5.74) is 6.17. The second-order valence-electron chi connectivity index (χ2n) is 5.48. The second kappa shape index (κ2) is 7.26. The van der Waals surface area contributed by atoms with Gasteiger partial charge in [0.2, 0.25) is 5.91 Å². The lowest BCUT2D eigenvalue weighted by atomic mass is 10.1. The highest BCUT2D eigenvalue weighted by molar-refractivity contribution is 5.94. The second-order valence-corrected chi connectivity index (χ2v) is 5.48. The highest BCUT2D eigenvalue weighted by Gasteiger charge is 2.26. The first-order valence-electron chi connectivity index (χ1n) is 7.49. The maximum absolute atomic E-state index is 12.4. The van der Waals surface area contributed by atoms with Crippen LogP contribution in [0.15, 0.2) is 24.3 Å². The van der Waals surface area contributed by atoms with Crippen molar-refractivity contribution in [1.82, 2.24) is 9.80 Å². The van der Waals surface area contributed by atoms with Crippen LogP contribution in [0.4, 0.5) is 0 Å². The summed E-state index contributed by atoms with van der Waals surface area (Å²) in [7, 11) is 1.59. The molecule has 0 aliphatic carbocycles. The van der Waals surface area contributed by atoms with E-state index in [-0.39, 0.29) is 17.7 Å². The molecule has 2 amide bonds. The molecule has 0 spiro atoms. The Morgan fingerprint density at radius 3 is 2.18 bits per heavy atom. The Bertz CT molecular complexity index is 522. The van der Waals surface area contributed by atoms with Crippen molar-refractivity contribution < 1.29 is 14.3 Å². The van der Waals surface area contributed by atoms with Crippen molar-refractivity contribution in [2.45, 2.75) is 6.92 Å². The van der Waals surface area contributed by atoms with Crippen molar-refractivity contribution >= 4 is 11.8 Å². The number of piperazine rings is 1. The van der Waals surface area contributed by atoms with Gasteiger partial charge in [0.05, 0.1) is 7.11 Å². The van der Waals surface area contributed by atoms with E-state index in [0.29, 0.717) is 38.3 Å². The molecule has 0 bridgehead atoms. The fraction of sp³-hybridized carbons (Fsp3) is 0.500. The number of methoxy groups -OCH3 is 1. The first-order chi connectivity index (χ1) is 10.6. The number of carbonyl (C=O) groups excluding carboxylic acids is 2. The summed E-state index contributed by atoms with van der Waals surface area (Å²) in [6, 6.07) is 7.07. The molecule has 2 N–H and O–H groups in total. The third kappa shape index (κ3) is 3.57. The van der Waals surface area contributed by atoms with Crippen LogP contribution >= 0.6 is 0 Å². The number of hydrogen-bond acceptors (Lipinski definition) is 4. The molecule has 1 aromatic carbocycles. The van der Waals surface area contributed by atoms with Crippen molar-refractivity contribution in [3.05, 3.63) is 29.8 Å². The van der Waals surface area contributed by atoms with Gasteiger partial charge in [0, 0.05) is 44.2 Å². The Kier molecular flexibility index (Phi) is 5.38. The molecule has 120 valence electrons. The van der Waals surface area contributed by atoms with Crippen molar-refractivity contribution in [1.29, 1.82) is 0 Å². The van der Waals surface area contributed by atoms with Crippen LogP contribution in [0.3, 0.4) is 0 Å². The third-order valence-electron chi connectivity index (χ3n) is 3.99. The minimum atomic E-state index is -0.163. The third-order valence-corrected chi connectivity index (χ3v) is 3.99. The topological polar surface area (TPSA) is 75.9 Å². The van der Waals surface area contributed by atoms with Gasteiger partial charge in [0.25, 0.3) is 5.91 Å². The van der Waals surface area contributed by atoms with Gasteiger partial charge in [-0.15, -0.1) is 0 Å². The van der Waals surface area contributed by atoms with Crippen LogP contribution in [0.5, 0.6) is 5.75 Å². The molecular formula is C16H23N3O3. The Balaban J connectivity index is 1.93. The lowest BCUT2D eigenvalue weighted by molar-refractivity contribution is -0.136. The van der Waals surface area contributed by atoms with Crippen molar-refractivity contribution in [2.24, 2.45) is 11.7 Å². The summed E-state index contributed by atoms with van der Waals surface area (Å²) < 4.78 is 5.09.